The summed E-state index contributed by atoms with van der Waals surface area (Å²) in [5.41, 5.74) is 3.84. The van der Waals surface area contributed by atoms with Gasteiger partial charge in [0.25, 0.3) is 0 Å². The maximum Gasteiger partial charge on any atom is 0.175 e. The molecule has 0 amide bonds. The molecule has 3 aromatic heterocycles. The molecule has 0 aliphatic rings. The van der Waals surface area contributed by atoms with Gasteiger partial charge in [-0.2, -0.15) is 0 Å². The van der Waals surface area contributed by atoms with E-state index in [-0.39, 0.29) is 4.90 Å². The molecule has 0 fully saturated rings. The minimum atomic E-state index is -3.25. The van der Waals surface area contributed by atoms with Gasteiger partial charge in [0, 0.05) is 48.0 Å². The van der Waals surface area contributed by atoms with Crippen molar-refractivity contribution in [3.63, 3.8) is 0 Å². The van der Waals surface area contributed by atoms with E-state index in [0.717, 1.165) is 22.4 Å². The van der Waals surface area contributed by atoms with Gasteiger partial charge in [-0.15, -0.1) is 0 Å². The normalized spacial score (nSPS) is 12.4. The van der Waals surface area contributed by atoms with Gasteiger partial charge in [-0.3, -0.25) is 9.97 Å². The number of sulfone groups is 1. The largest absolute Gasteiger partial charge is 0.454 e. The molecule has 0 unspecified atom stereocenters. The Balaban J connectivity index is 1.76. The van der Waals surface area contributed by atoms with E-state index in [2.05, 4.69) is 9.97 Å². The van der Waals surface area contributed by atoms with Crippen molar-refractivity contribution in [3.8, 4) is 22.5 Å². The van der Waals surface area contributed by atoms with Crippen LogP contribution in [0.5, 0.6) is 0 Å². The van der Waals surface area contributed by atoms with Crippen molar-refractivity contribution in [3.05, 3.63) is 66.6 Å². The van der Waals surface area contributed by atoms with Crippen LogP contribution in [0.3, 0.4) is 0 Å². The van der Waals surface area contributed by atoms with Crippen LogP contribution in [0.25, 0.3) is 33.6 Å². The second-order valence-corrected chi connectivity index (χ2v) is 10.0. The number of hydrogen-bond acceptors (Lipinski definition) is 6. The molecule has 4 aromatic rings. The molecule has 0 aliphatic heterocycles. The number of benzene rings is 1. The fraction of sp³-hybridized carbons (Fsp3) is 0.217. The number of fused-ring (bicyclic) bond motifs is 1. The van der Waals surface area contributed by atoms with Crippen molar-refractivity contribution in [1.29, 1.82) is 0 Å². The van der Waals surface area contributed by atoms with Gasteiger partial charge in [0.1, 0.15) is 11.3 Å². The summed E-state index contributed by atoms with van der Waals surface area (Å²) >= 11 is 0. The van der Waals surface area contributed by atoms with Gasteiger partial charge < -0.3 is 9.52 Å². The molecular weight excluding hydrogens is 400 g/mol. The monoisotopic (exact) mass is 422 g/mol. The summed E-state index contributed by atoms with van der Waals surface area (Å²) in [6.45, 7) is 3.50. The van der Waals surface area contributed by atoms with Crippen LogP contribution in [0, 0.1) is 0 Å². The van der Waals surface area contributed by atoms with Crippen LogP contribution in [0.4, 0.5) is 0 Å². The zero-order valence-electron chi connectivity index (χ0n) is 17.0. The van der Waals surface area contributed by atoms with E-state index in [9.17, 15) is 13.5 Å². The third kappa shape index (κ3) is 4.27. The molecule has 0 saturated heterocycles. The molecule has 0 spiro atoms. The zero-order chi connectivity index (χ0) is 21.5. The lowest BCUT2D eigenvalue weighted by Crippen LogP contribution is -2.22. The highest BCUT2D eigenvalue weighted by Gasteiger charge is 2.17. The minimum Gasteiger partial charge on any atom is -0.454 e. The average molecular weight is 423 g/mol. The summed E-state index contributed by atoms with van der Waals surface area (Å²) in [6, 6.07) is 14.1. The number of aliphatic hydroxyl groups is 1. The van der Waals surface area contributed by atoms with E-state index >= 15 is 0 Å². The van der Waals surface area contributed by atoms with Crippen molar-refractivity contribution in [2.45, 2.75) is 30.8 Å². The van der Waals surface area contributed by atoms with E-state index in [1.54, 1.807) is 50.5 Å². The van der Waals surface area contributed by atoms with Gasteiger partial charge in [0.05, 0.1) is 10.5 Å². The Morgan fingerprint density at radius 3 is 2.33 bits per heavy atom. The lowest BCUT2D eigenvalue weighted by Gasteiger charge is -2.16. The maximum absolute atomic E-state index is 11.7. The molecule has 0 aliphatic carbocycles. The number of pyridine rings is 2. The van der Waals surface area contributed by atoms with E-state index < -0.39 is 15.4 Å². The van der Waals surface area contributed by atoms with Crippen LogP contribution in [-0.2, 0) is 16.3 Å². The zero-order valence-corrected chi connectivity index (χ0v) is 17.8. The van der Waals surface area contributed by atoms with Crippen molar-refractivity contribution in [2.75, 3.05) is 6.26 Å². The van der Waals surface area contributed by atoms with E-state index in [0.29, 0.717) is 23.3 Å². The molecule has 4 rings (SSSR count). The Morgan fingerprint density at radius 2 is 1.67 bits per heavy atom. The SMILES string of the molecule is CC(C)(O)Cc1cc(-c2ccnc3cc(-c4ccc(S(C)(=O)=O)cc4)oc23)ccn1. The number of nitrogens with zero attached hydrogens (tertiary/aromatic N) is 2. The molecule has 0 saturated carbocycles. The minimum absolute atomic E-state index is 0.261. The van der Waals surface area contributed by atoms with Crippen LogP contribution >= 0.6 is 0 Å². The first-order valence-electron chi connectivity index (χ1n) is 9.47. The highest BCUT2D eigenvalue weighted by molar-refractivity contribution is 7.90. The van der Waals surface area contributed by atoms with Crippen LogP contribution in [-0.4, -0.2) is 35.3 Å². The summed E-state index contributed by atoms with van der Waals surface area (Å²) in [4.78, 5) is 9.02. The standard InChI is InChI=1S/C23H22N2O4S/c1-23(2,26)14-17-12-16(8-10-24-17)19-9-11-25-20-13-21(29-22(19)20)15-4-6-18(7-5-15)30(3,27)28/h4-13,26H,14H2,1-3H3. The summed E-state index contributed by atoms with van der Waals surface area (Å²) in [5, 5.41) is 10.1. The van der Waals surface area contributed by atoms with Gasteiger partial charge in [0.2, 0.25) is 0 Å². The van der Waals surface area contributed by atoms with Crippen LogP contribution in [0.1, 0.15) is 19.5 Å². The number of hydrogen-bond donors (Lipinski definition) is 1. The summed E-state index contributed by atoms with van der Waals surface area (Å²) in [5.74, 6) is 0.607. The topological polar surface area (TPSA) is 93.3 Å². The Labute approximate surface area is 175 Å². The predicted octanol–water partition coefficient (Wildman–Crippen LogP) is 4.27. The fourth-order valence-corrected chi connectivity index (χ4v) is 3.99. The van der Waals surface area contributed by atoms with E-state index in [1.165, 1.54) is 6.26 Å². The highest BCUT2D eigenvalue weighted by atomic mass is 32.2. The number of rotatable bonds is 5. The Bertz CT molecular complexity index is 1320. The summed E-state index contributed by atoms with van der Waals surface area (Å²) < 4.78 is 29.5. The third-order valence-corrected chi connectivity index (χ3v) is 5.85. The van der Waals surface area contributed by atoms with Crippen molar-refractivity contribution in [1.82, 2.24) is 9.97 Å². The second-order valence-electron chi connectivity index (χ2n) is 8.01. The van der Waals surface area contributed by atoms with Gasteiger partial charge >= 0.3 is 0 Å². The molecule has 30 heavy (non-hydrogen) atoms. The molecule has 3 heterocycles. The van der Waals surface area contributed by atoms with E-state index in [4.69, 9.17) is 4.42 Å². The van der Waals surface area contributed by atoms with Gasteiger partial charge in [0.15, 0.2) is 15.4 Å². The molecular formula is C23H22N2O4S. The summed E-state index contributed by atoms with van der Waals surface area (Å²) in [7, 11) is -3.25. The smallest absolute Gasteiger partial charge is 0.175 e. The maximum atomic E-state index is 11.7. The lowest BCUT2D eigenvalue weighted by atomic mass is 9.99. The lowest BCUT2D eigenvalue weighted by molar-refractivity contribution is 0.0800. The van der Waals surface area contributed by atoms with Gasteiger partial charge in [-0.1, -0.05) is 0 Å². The first-order valence-corrected chi connectivity index (χ1v) is 11.4. The van der Waals surface area contributed by atoms with Crippen molar-refractivity contribution in [2.24, 2.45) is 0 Å². The highest BCUT2D eigenvalue weighted by Crippen LogP contribution is 2.34. The predicted molar refractivity (Wildman–Crippen MR) is 116 cm³/mol. The number of aromatic nitrogens is 2. The number of furan rings is 1. The van der Waals surface area contributed by atoms with Crippen molar-refractivity contribution < 1.29 is 17.9 Å². The molecule has 7 heteroatoms. The first kappa shape index (κ1) is 20.3. The van der Waals surface area contributed by atoms with Crippen LogP contribution < -0.4 is 0 Å². The fourth-order valence-electron chi connectivity index (χ4n) is 3.36. The Kier molecular flexibility index (Phi) is 4.95. The molecule has 154 valence electrons. The second kappa shape index (κ2) is 7.34. The molecule has 0 atom stereocenters. The van der Waals surface area contributed by atoms with Crippen LogP contribution in [0.2, 0.25) is 0 Å². The summed E-state index contributed by atoms with van der Waals surface area (Å²) in [6.07, 6.45) is 5.06. The molecule has 1 aromatic carbocycles. The molecule has 0 bridgehead atoms. The van der Waals surface area contributed by atoms with Crippen molar-refractivity contribution >= 4 is 20.9 Å². The molecule has 6 nitrogen and oxygen atoms in total. The third-order valence-electron chi connectivity index (χ3n) is 4.72. The van der Waals surface area contributed by atoms with Gasteiger partial charge in [-0.05, 0) is 61.9 Å². The quantitative estimate of drug-likeness (QED) is 0.516. The molecule has 0 radical (unpaired) electrons. The van der Waals surface area contributed by atoms with Crippen LogP contribution in [0.15, 0.2) is 70.2 Å². The Hall–Kier alpha value is -3.03. The van der Waals surface area contributed by atoms with Gasteiger partial charge in [-0.25, -0.2) is 8.42 Å². The van der Waals surface area contributed by atoms with E-state index in [1.807, 2.05) is 24.3 Å². The first-order chi connectivity index (χ1) is 14.1. The Morgan fingerprint density at radius 1 is 0.967 bits per heavy atom. The molecule has 1 N–H and O–H groups in total. The average Bonchev–Trinajstić information content (AvgIpc) is 3.10.